The van der Waals surface area contributed by atoms with Crippen molar-refractivity contribution in [1.29, 1.82) is 0 Å². The highest BCUT2D eigenvalue weighted by molar-refractivity contribution is 7.99. The van der Waals surface area contributed by atoms with E-state index in [1.165, 1.54) is 7.11 Å². The number of ether oxygens (including phenoxy) is 1. The van der Waals surface area contributed by atoms with E-state index in [-0.39, 0.29) is 10.5 Å². The van der Waals surface area contributed by atoms with Gasteiger partial charge in [0.1, 0.15) is 23.7 Å². The van der Waals surface area contributed by atoms with Gasteiger partial charge in [0.15, 0.2) is 0 Å². The summed E-state index contributed by atoms with van der Waals surface area (Å²) in [6.07, 6.45) is 0.406. The predicted octanol–water partition coefficient (Wildman–Crippen LogP) is 3.94. The van der Waals surface area contributed by atoms with E-state index in [1.54, 1.807) is 24.3 Å². The summed E-state index contributed by atoms with van der Waals surface area (Å²) in [5, 5.41) is 0. The molecule has 0 amide bonds. The molecule has 0 aromatic heterocycles. The monoisotopic (exact) mass is 280 g/mol. The number of aldehydes is 1. The second kappa shape index (κ2) is 5.84. The summed E-state index contributed by atoms with van der Waals surface area (Å²) in [7, 11) is 1.49. The fourth-order valence-electron chi connectivity index (χ4n) is 1.56. The molecule has 0 fully saturated rings. The van der Waals surface area contributed by atoms with E-state index >= 15 is 0 Å². The lowest BCUT2D eigenvalue weighted by Crippen LogP contribution is -1.93. The number of carbonyl (C=O) groups excluding carboxylic acids is 1. The molecule has 0 aliphatic rings. The molecule has 0 spiro atoms. The van der Waals surface area contributed by atoms with E-state index in [0.29, 0.717) is 16.9 Å². The zero-order chi connectivity index (χ0) is 13.8. The molecule has 0 aliphatic carbocycles. The van der Waals surface area contributed by atoms with Gasteiger partial charge in [0, 0.05) is 5.56 Å². The molecule has 0 unspecified atom stereocenters. The zero-order valence-corrected chi connectivity index (χ0v) is 10.8. The summed E-state index contributed by atoms with van der Waals surface area (Å²) in [4.78, 5) is 11.0. The predicted molar refractivity (Wildman–Crippen MR) is 68.9 cm³/mol. The van der Waals surface area contributed by atoms with Crippen LogP contribution in [0.2, 0.25) is 0 Å². The van der Waals surface area contributed by atoms with Crippen LogP contribution in [-0.4, -0.2) is 13.4 Å². The van der Waals surface area contributed by atoms with Gasteiger partial charge in [-0.1, -0.05) is 23.9 Å². The second-order valence-electron chi connectivity index (χ2n) is 3.68. The van der Waals surface area contributed by atoms with Crippen LogP contribution in [0.4, 0.5) is 8.78 Å². The van der Waals surface area contributed by atoms with E-state index in [9.17, 15) is 13.6 Å². The summed E-state index contributed by atoms with van der Waals surface area (Å²) in [6.45, 7) is 0. The Morgan fingerprint density at radius 2 is 1.79 bits per heavy atom. The van der Waals surface area contributed by atoms with Crippen molar-refractivity contribution in [3.05, 3.63) is 53.6 Å². The quantitative estimate of drug-likeness (QED) is 0.794. The first-order valence-electron chi connectivity index (χ1n) is 5.41. The van der Waals surface area contributed by atoms with E-state index in [0.717, 1.165) is 23.9 Å². The average molecular weight is 280 g/mol. The Kier molecular flexibility index (Phi) is 4.16. The van der Waals surface area contributed by atoms with Gasteiger partial charge in [-0.2, -0.15) is 0 Å². The number of hydrogen-bond donors (Lipinski definition) is 0. The zero-order valence-electron chi connectivity index (χ0n) is 10.0. The SMILES string of the molecule is COc1ccccc1Sc1c(F)cc(C=O)cc1F. The Labute approximate surface area is 113 Å². The second-order valence-corrected chi connectivity index (χ2v) is 4.74. The summed E-state index contributed by atoms with van der Waals surface area (Å²) < 4.78 is 32.6. The third-order valence-corrected chi connectivity index (χ3v) is 3.59. The first-order chi connectivity index (χ1) is 9.15. The van der Waals surface area contributed by atoms with E-state index in [4.69, 9.17) is 4.74 Å². The van der Waals surface area contributed by atoms with Crippen molar-refractivity contribution in [2.45, 2.75) is 9.79 Å². The highest BCUT2D eigenvalue weighted by atomic mass is 32.2. The minimum absolute atomic E-state index is 0.0284. The standard InChI is InChI=1S/C14H10F2O2S/c1-18-12-4-2-3-5-13(12)19-14-10(15)6-9(8-17)7-11(14)16/h2-8H,1H3. The van der Waals surface area contributed by atoms with Crippen LogP contribution in [0.3, 0.4) is 0 Å². The van der Waals surface area contributed by atoms with Crippen LogP contribution in [0, 0.1) is 11.6 Å². The van der Waals surface area contributed by atoms with Gasteiger partial charge >= 0.3 is 0 Å². The highest BCUT2D eigenvalue weighted by Crippen LogP contribution is 2.37. The molecule has 0 aliphatic heterocycles. The molecule has 0 bridgehead atoms. The lowest BCUT2D eigenvalue weighted by molar-refractivity contribution is 0.112. The Balaban J connectivity index is 2.41. The van der Waals surface area contributed by atoms with Gasteiger partial charge in [-0.25, -0.2) is 8.78 Å². The minimum atomic E-state index is -0.766. The third-order valence-electron chi connectivity index (χ3n) is 2.44. The molecule has 19 heavy (non-hydrogen) atoms. The maximum Gasteiger partial charge on any atom is 0.150 e. The van der Waals surface area contributed by atoms with Crippen molar-refractivity contribution in [3.63, 3.8) is 0 Å². The van der Waals surface area contributed by atoms with E-state index in [1.807, 2.05) is 0 Å². The summed E-state index contributed by atoms with van der Waals surface area (Å²) in [5.74, 6) is -0.998. The van der Waals surface area contributed by atoms with Crippen molar-refractivity contribution in [2.24, 2.45) is 0 Å². The highest BCUT2D eigenvalue weighted by Gasteiger charge is 2.14. The van der Waals surface area contributed by atoms with Crippen LogP contribution in [0.15, 0.2) is 46.2 Å². The molecule has 0 saturated heterocycles. The largest absolute Gasteiger partial charge is 0.496 e. The van der Waals surface area contributed by atoms with Gasteiger partial charge in [0.25, 0.3) is 0 Å². The van der Waals surface area contributed by atoms with Crippen LogP contribution in [-0.2, 0) is 0 Å². The third kappa shape index (κ3) is 2.93. The molecule has 0 N–H and O–H groups in total. The molecular weight excluding hydrogens is 270 g/mol. The fraction of sp³-hybridized carbons (Fsp3) is 0.0714. The minimum Gasteiger partial charge on any atom is -0.496 e. The topological polar surface area (TPSA) is 26.3 Å². The van der Waals surface area contributed by atoms with E-state index in [2.05, 4.69) is 0 Å². The molecule has 98 valence electrons. The van der Waals surface area contributed by atoms with Gasteiger partial charge in [0.05, 0.1) is 16.9 Å². The molecule has 0 radical (unpaired) electrons. The van der Waals surface area contributed by atoms with Crippen LogP contribution >= 0.6 is 11.8 Å². The fourth-order valence-corrected chi connectivity index (χ4v) is 2.49. The lowest BCUT2D eigenvalue weighted by atomic mass is 10.2. The molecule has 0 heterocycles. The normalized spacial score (nSPS) is 10.3. The Morgan fingerprint density at radius 1 is 1.16 bits per heavy atom. The van der Waals surface area contributed by atoms with Crippen LogP contribution in [0.5, 0.6) is 5.75 Å². The number of carbonyl (C=O) groups is 1. The van der Waals surface area contributed by atoms with Crippen LogP contribution in [0.25, 0.3) is 0 Å². The van der Waals surface area contributed by atoms with Gasteiger partial charge in [-0.15, -0.1) is 0 Å². The summed E-state index contributed by atoms with van der Waals surface area (Å²) in [6, 6.07) is 8.95. The number of benzene rings is 2. The Morgan fingerprint density at radius 3 is 2.37 bits per heavy atom. The van der Waals surface area contributed by atoms with Crippen LogP contribution < -0.4 is 4.74 Å². The van der Waals surface area contributed by atoms with Gasteiger partial charge in [0.2, 0.25) is 0 Å². The number of methoxy groups -OCH3 is 1. The summed E-state index contributed by atoms with van der Waals surface area (Å²) in [5.41, 5.74) is -0.0284. The first-order valence-corrected chi connectivity index (χ1v) is 6.22. The van der Waals surface area contributed by atoms with Crippen molar-refractivity contribution >= 4 is 18.0 Å². The maximum atomic E-state index is 13.8. The Bertz CT molecular complexity index is 591. The molecule has 0 atom stereocenters. The van der Waals surface area contributed by atoms with E-state index < -0.39 is 11.6 Å². The van der Waals surface area contributed by atoms with Crippen molar-refractivity contribution in [2.75, 3.05) is 7.11 Å². The van der Waals surface area contributed by atoms with Gasteiger partial charge in [-0.3, -0.25) is 4.79 Å². The van der Waals surface area contributed by atoms with Gasteiger partial charge < -0.3 is 4.74 Å². The smallest absolute Gasteiger partial charge is 0.150 e. The number of para-hydroxylation sites is 1. The molecule has 2 rings (SSSR count). The molecule has 2 aromatic carbocycles. The first kappa shape index (κ1) is 13.5. The maximum absolute atomic E-state index is 13.8. The van der Waals surface area contributed by atoms with Crippen LogP contribution in [0.1, 0.15) is 10.4 Å². The lowest BCUT2D eigenvalue weighted by Gasteiger charge is -2.09. The average Bonchev–Trinajstić information content (AvgIpc) is 2.43. The number of rotatable bonds is 4. The number of hydrogen-bond acceptors (Lipinski definition) is 3. The number of halogens is 2. The van der Waals surface area contributed by atoms with Gasteiger partial charge in [-0.05, 0) is 24.3 Å². The molecular formula is C14H10F2O2S. The van der Waals surface area contributed by atoms with Crippen molar-refractivity contribution in [3.8, 4) is 5.75 Å². The van der Waals surface area contributed by atoms with Crippen molar-refractivity contribution in [1.82, 2.24) is 0 Å². The van der Waals surface area contributed by atoms with Crippen molar-refractivity contribution < 1.29 is 18.3 Å². The molecule has 2 nitrogen and oxygen atoms in total. The Hall–Kier alpha value is -1.88. The molecule has 5 heteroatoms. The summed E-state index contributed by atoms with van der Waals surface area (Å²) >= 11 is 0.920. The molecule has 0 saturated carbocycles. The molecule has 2 aromatic rings.